The van der Waals surface area contributed by atoms with Gasteiger partial charge in [0.2, 0.25) is 5.89 Å². The number of aliphatic carboxylic acids is 1. The normalized spacial score (nSPS) is 10.3. The fourth-order valence-corrected chi connectivity index (χ4v) is 0.982. The van der Waals surface area contributed by atoms with E-state index in [4.69, 9.17) is 9.52 Å². The lowest BCUT2D eigenvalue weighted by atomic mass is 10.4. The maximum atomic E-state index is 10.3. The van der Waals surface area contributed by atoms with Crippen molar-refractivity contribution in [1.29, 1.82) is 0 Å². The fraction of sp³-hybridized carbons (Fsp3) is 0.125. The second kappa shape index (κ2) is 3.33. The van der Waals surface area contributed by atoms with Gasteiger partial charge >= 0.3 is 5.97 Å². The van der Waals surface area contributed by atoms with Crippen LogP contribution in [0.4, 0.5) is 0 Å². The van der Waals surface area contributed by atoms with Crippen molar-refractivity contribution in [1.82, 2.24) is 10.1 Å². The van der Waals surface area contributed by atoms with E-state index in [1.54, 1.807) is 0 Å². The average molecular weight is 194 g/mol. The van der Waals surface area contributed by atoms with Gasteiger partial charge in [-0.05, 0) is 0 Å². The molecule has 0 unspecified atom stereocenters. The van der Waals surface area contributed by atoms with E-state index in [0.717, 1.165) is 0 Å². The number of hydrogen-bond donors (Lipinski definition) is 1. The van der Waals surface area contributed by atoms with E-state index in [1.165, 1.54) is 18.7 Å². The Kier molecular flexibility index (Phi) is 2.02. The number of rotatable bonds is 3. The maximum absolute atomic E-state index is 10.3. The first-order chi connectivity index (χ1) is 6.75. The highest BCUT2D eigenvalue weighted by Gasteiger charge is 2.10. The van der Waals surface area contributed by atoms with Crippen LogP contribution >= 0.6 is 0 Å². The number of hydrogen-bond acceptors (Lipinski definition) is 5. The molecule has 0 fully saturated rings. The molecule has 6 heteroatoms. The summed E-state index contributed by atoms with van der Waals surface area (Å²) in [6.07, 6.45) is 4.00. The molecule has 72 valence electrons. The molecule has 2 aromatic heterocycles. The van der Waals surface area contributed by atoms with E-state index in [0.29, 0.717) is 17.2 Å². The Balaban J connectivity index is 2.22. The quantitative estimate of drug-likeness (QED) is 0.782. The molecule has 2 rings (SSSR count). The number of aromatic nitrogens is 2. The van der Waals surface area contributed by atoms with E-state index in [2.05, 4.69) is 14.7 Å². The van der Waals surface area contributed by atoms with Gasteiger partial charge in [-0.15, -0.1) is 0 Å². The third-order valence-corrected chi connectivity index (χ3v) is 1.56. The minimum Gasteiger partial charge on any atom is -0.481 e. The standard InChI is InChI=1S/C8H6N2O4/c11-7(12)1-6-3-9-8(14-6)5-2-10-13-4-5/h2-4H,1H2,(H,11,12). The first kappa shape index (κ1) is 8.49. The second-order valence-corrected chi connectivity index (χ2v) is 2.62. The lowest BCUT2D eigenvalue weighted by molar-refractivity contribution is -0.136. The molecule has 0 aromatic carbocycles. The number of carbonyl (C=O) groups is 1. The van der Waals surface area contributed by atoms with Crippen LogP contribution in [0.2, 0.25) is 0 Å². The van der Waals surface area contributed by atoms with Crippen molar-refractivity contribution in [2.24, 2.45) is 0 Å². The van der Waals surface area contributed by atoms with Gasteiger partial charge in [-0.1, -0.05) is 5.16 Å². The van der Waals surface area contributed by atoms with Gasteiger partial charge in [0.05, 0.1) is 18.0 Å². The Labute approximate surface area is 78.2 Å². The minimum atomic E-state index is -0.960. The number of carboxylic acids is 1. The third kappa shape index (κ3) is 1.63. The summed E-state index contributed by atoms with van der Waals surface area (Å²) in [5, 5.41) is 12.0. The van der Waals surface area contributed by atoms with Gasteiger partial charge in [0.1, 0.15) is 18.4 Å². The summed E-state index contributed by atoms with van der Waals surface area (Å²) in [7, 11) is 0. The van der Waals surface area contributed by atoms with Crippen LogP contribution in [0.5, 0.6) is 0 Å². The summed E-state index contributed by atoms with van der Waals surface area (Å²) in [6, 6.07) is 0. The zero-order chi connectivity index (χ0) is 9.97. The molecule has 0 bridgehead atoms. The fourth-order valence-electron chi connectivity index (χ4n) is 0.982. The largest absolute Gasteiger partial charge is 0.481 e. The molecule has 14 heavy (non-hydrogen) atoms. The Morgan fingerprint density at radius 3 is 3.00 bits per heavy atom. The molecule has 0 spiro atoms. The molecule has 0 aliphatic rings. The van der Waals surface area contributed by atoms with Crippen molar-refractivity contribution in [3.05, 3.63) is 24.4 Å². The van der Waals surface area contributed by atoms with Crippen molar-refractivity contribution >= 4 is 5.97 Å². The predicted octanol–water partition coefficient (Wildman–Crippen LogP) is 0.957. The van der Waals surface area contributed by atoms with Crippen LogP contribution < -0.4 is 0 Å². The number of nitrogens with zero attached hydrogens (tertiary/aromatic N) is 2. The van der Waals surface area contributed by atoms with Gasteiger partial charge in [-0.2, -0.15) is 0 Å². The third-order valence-electron chi connectivity index (χ3n) is 1.56. The van der Waals surface area contributed by atoms with Gasteiger partial charge in [-0.3, -0.25) is 4.79 Å². The van der Waals surface area contributed by atoms with Crippen LogP contribution in [-0.2, 0) is 11.2 Å². The summed E-state index contributed by atoms with van der Waals surface area (Å²) in [6.45, 7) is 0. The first-order valence-electron chi connectivity index (χ1n) is 3.82. The van der Waals surface area contributed by atoms with Crippen molar-refractivity contribution in [2.45, 2.75) is 6.42 Å². The summed E-state index contributed by atoms with van der Waals surface area (Å²) in [5.41, 5.74) is 0.585. The van der Waals surface area contributed by atoms with Gasteiger partial charge < -0.3 is 14.0 Å². The second-order valence-electron chi connectivity index (χ2n) is 2.62. The van der Waals surface area contributed by atoms with E-state index in [1.807, 2.05) is 0 Å². The molecule has 1 N–H and O–H groups in total. The lowest BCUT2D eigenvalue weighted by Crippen LogP contribution is -1.97. The summed E-state index contributed by atoms with van der Waals surface area (Å²) in [4.78, 5) is 14.2. The van der Waals surface area contributed by atoms with Gasteiger partial charge in [-0.25, -0.2) is 4.98 Å². The highest BCUT2D eigenvalue weighted by atomic mass is 16.5. The molecule has 0 aliphatic heterocycles. The SMILES string of the molecule is O=C(O)Cc1cnc(-c2cnoc2)o1. The van der Waals surface area contributed by atoms with Crippen LogP contribution in [-0.4, -0.2) is 21.2 Å². The van der Waals surface area contributed by atoms with Crippen molar-refractivity contribution in [3.8, 4) is 11.5 Å². The summed E-state index contributed by atoms with van der Waals surface area (Å²) in [5.74, 6) is -0.353. The smallest absolute Gasteiger partial charge is 0.311 e. The van der Waals surface area contributed by atoms with E-state index in [-0.39, 0.29) is 6.42 Å². The molecular formula is C8H6N2O4. The highest BCUT2D eigenvalue weighted by Crippen LogP contribution is 2.18. The zero-order valence-corrected chi connectivity index (χ0v) is 7.01. The van der Waals surface area contributed by atoms with E-state index >= 15 is 0 Å². The van der Waals surface area contributed by atoms with Crippen LogP contribution in [0.3, 0.4) is 0 Å². The minimum absolute atomic E-state index is 0.182. The van der Waals surface area contributed by atoms with Crippen LogP contribution in [0, 0.1) is 0 Å². The van der Waals surface area contributed by atoms with Crippen LogP contribution in [0.1, 0.15) is 5.76 Å². The molecule has 0 radical (unpaired) electrons. The molecule has 0 saturated carbocycles. The van der Waals surface area contributed by atoms with Crippen molar-refractivity contribution in [3.63, 3.8) is 0 Å². The summed E-state index contributed by atoms with van der Waals surface area (Å²) < 4.78 is 9.74. The molecule has 2 heterocycles. The molecule has 0 atom stereocenters. The number of oxazole rings is 1. The number of carboxylic acid groups (broad SMARTS) is 1. The molecule has 0 amide bonds. The Morgan fingerprint density at radius 2 is 2.36 bits per heavy atom. The van der Waals surface area contributed by atoms with Crippen molar-refractivity contribution < 1.29 is 18.8 Å². The average Bonchev–Trinajstić information content (AvgIpc) is 2.69. The summed E-state index contributed by atoms with van der Waals surface area (Å²) >= 11 is 0. The van der Waals surface area contributed by atoms with Gasteiger partial charge in [0.15, 0.2) is 0 Å². The maximum Gasteiger partial charge on any atom is 0.311 e. The van der Waals surface area contributed by atoms with Crippen molar-refractivity contribution in [2.75, 3.05) is 0 Å². The van der Waals surface area contributed by atoms with E-state index in [9.17, 15) is 4.79 Å². The lowest BCUT2D eigenvalue weighted by Gasteiger charge is -1.87. The Bertz CT molecular complexity index is 432. The van der Waals surface area contributed by atoms with Gasteiger partial charge in [0.25, 0.3) is 0 Å². The molecule has 0 aliphatic carbocycles. The van der Waals surface area contributed by atoms with Crippen LogP contribution in [0.25, 0.3) is 11.5 Å². The highest BCUT2D eigenvalue weighted by molar-refractivity contribution is 5.69. The van der Waals surface area contributed by atoms with E-state index < -0.39 is 5.97 Å². The Hall–Kier alpha value is -2.11. The zero-order valence-electron chi connectivity index (χ0n) is 7.01. The van der Waals surface area contributed by atoms with Crippen LogP contribution in [0.15, 0.2) is 27.6 Å². The molecule has 0 saturated heterocycles. The monoisotopic (exact) mass is 194 g/mol. The Morgan fingerprint density at radius 1 is 1.50 bits per heavy atom. The molecular weight excluding hydrogens is 188 g/mol. The molecule has 6 nitrogen and oxygen atoms in total. The van der Waals surface area contributed by atoms with Gasteiger partial charge in [0, 0.05) is 0 Å². The molecule has 2 aromatic rings. The predicted molar refractivity (Wildman–Crippen MR) is 43.3 cm³/mol. The first-order valence-corrected chi connectivity index (χ1v) is 3.82. The topological polar surface area (TPSA) is 89.4 Å².